The van der Waals surface area contributed by atoms with Crippen molar-refractivity contribution >= 4 is 28.3 Å². The highest BCUT2D eigenvalue weighted by molar-refractivity contribution is 6.30. The molecule has 0 aliphatic heterocycles. The van der Waals surface area contributed by atoms with E-state index in [1.807, 2.05) is 49.4 Å². The number of benzene rings is 2. The second kappa shape index (κ2) is 5.14. The molecule has 1 heterocycles. The SMILES string of the molecule is Cc1cccc2[nH]cc(C(=O)Cc3ccc(Cl)cc3)c12. The number of carbonyl (C=O) groups excluding carboxylic acids is 1. The van der Waals surface area contributed by atoms with Gasteiger partial charge in [-0.1, -0.05) is 35.9 Å². The van der Waals surface area contributed by atoms with Crippen molar-refractivity contribution < 1.29 is 4.79 Å². The molecule has 0 amide bonds. The van der Waals surface area contributed by atoms with Crippen LogP contribution in [-0.2, 0) is 6.42 Å². The van der Waals surface area contributed by atoms with Gasteiger partial charge >= 0.3 is 0 Å². The van der Waals surface area contributed by atoms with Crippen LogP contribution in [0.4, 0.5) is 0 Å². The Hall–Kier alpha value is -2.06. The van der Waals surface area contributed by atoms with Crippen molar-refractivity contribution in [2.45, 2.75) is 13.3 Å². The van der Waals surface area contributed by atoms with Gasteiger partial charge in [0.15, 0.2) is 5.78 Å². The fraction of sp³-hybridized carbons (Fsp3) is 0.118. The van der Waals surface area contributed by atoms with Gasteiger partial charge in [-0.15, -0.1) is 0 Å². The molecule has 0 saturated heterocycles. The Morgan fingerprint density at radius 1 is 1.15 bits per heavy atom. The van der Waals surface area contributed by atoms with Gasteiger partial charge in [-0.2, -0.15) is 0 Å². The third-order valence-electron chi connectivity index (χ3n) is 3.49. The lowest BCUT2D eigenvalue weighted by molar-refractivity contribution is 0.0994. The number of hydrogen-bond donors (Lipinski definition) is 1. The molecule has 3 heteroatoms. The number of Topliss-reactive ketones (excluding diaryl/α,β-unsaturated/α-hetero) is 1. The monoisotopic (exact) mass is 283 g/mol. The van der Waals surface area contributed by atoms with E-state index in [9.17, 15) is 4.79 Å². The summed E-state index contributed by atoms with van der Waals surface area (Å²) in [6.07, 6.45) is 2.19. The van der Waals surface area contributed by atoms with Gasteiger partial charge in [-0.05, 0) is 36.2 Å². The predicted molar refractivity (Wildman–Crippen MR) is 82.5 cm³/mol. The lowest BCUT2D eigenvalue weighted by Gasteiger charge is -2.02. The van der Waals surface area contributed by atoms with Crippen molar-refractivity contribution in [2.75, 3.05) is 0 Å². The molecule has 0 saturated carbocycles. The number of H-pyrrole nitrogens is 1. The molecule has 0 spiro atoms. The van der Waals surface area contributed by atoms with Crippen LogP contribution >= 0.6 is 11.6 Å². The summed E-state index contributed by atoms with van der Waals surface area (Å²) in [7, 11) is 0. The number of fused-ring (bicyclic) bond motifs is 1. The van der Waals surface area contributed by atoms with Crippen LogP contribution in [0.15, 0.2) is 48.7 Å². The first kappa shape index (κ1) is 12.9. The van der Waals surface area contributed by atoms with Crippen molar-refractivity contribution in [3.05, 3.63) is 70.4 Å². The van der Waals surface area contributed by atoms with Crippen LogP contribution < -0.4 is 0 Å². The highest BCUT2D eigenvalue weighted by Crippen LogP contribution is 2.23. The lowest BCUT2D eigenvalue weighted by Crippen LogP contribution is -2.03. The van der Waals surface area contributed by atoms with Crippen molar-refractivity contribution in [1.82, 2.24) is 4.98 Å². The van der Waals surface area contributed by atoms with Crippen molar-refractivity contribution in [3.8, 4) is 0 Å². The summed E-state index contributed by atoms with van der Waals surface area (Å²) < 4.78 is 0. The van der Waals surface area contributed by atoms with Crippen LogP contribution in [0.5, 0.6) is 0 Å². The Morgan fingerprint density at radius 2 is 1.90 bits per heavy atom. The molecule has 0 fully saturated rings. The summed E-state index contributed by atoms with van der Waals surface area (Å²) >= 11 is 5.86. The fourth-order valence-electron chi connectivity index (χ4n) is 2.47. The summed E-state index contributed by atoms with van der Waals surface area (Å²) in [5.41, 5.74) is 3.85. The summed E-state index contributed by atoms with van der Waals surface area (Å²) in [6, 6.07) is 13.4. The van der Waals surface area contributed by atoms with Gasteiger partial charge < -0.3 is 4.98 Å². The van der Waals surface area contributed by atoms with Crippen LogP contribution in [0.3, 0.4) is 0 Å². The molecule has 0 aliphatic carbocycles. The Balaban J connectivity index is 1.95. The second-order valence-corrected chi connectivity index (χ2v) is 5.36. The maximum Gasteiger partial charge on any atom is 0.169 e. The van der Waals surface area contributed by atoms with Gasteiger partial charge in [0, 0.05) is 34.1 Å². The third-order valence-corrected chi connectivity index (χ3v) is 3.74. The van der Waals surface area contributed by atoms with Crippen LogP contribution in [0.2, 0.25) is 5.02 Å². The van der Waals surface area contributed by atoms with E-state index in [2.05, 4.69) is 4.98 Å². The molecule has 0 atom stereocenters. The van der Waals surface area contributed by atoms with Gasteiger partial charge in [0.25, 0.3) is 0 Å². The van der Waals surface area contributed by atoms with E-state index >= 15 is 0 Å². The van der Waals surface area contributed by atoms with E-state index < -0.39 is 0 Å². The first-order valence-corrected chi connectivity index (χ1v) is 6.87. The topological polar surface area (TPSA) is 32.9 Å². The van der Waals surface area contributed by atoms with E-state index in [0.717, 1.165) is 27.6 Å². The van der Waals surface area contributed by atoms with Crippen molar-refractivity contribution in [2.24, 2.45) is 0 Å². The van der Waals surface area contributed by atoms with Crippen LogP contribution in [0, 0.1) is 6.92 Å². The number of carbonyl (C=O) groups is 1. The number of aryl methyl sites for hydroxylation is 1. The number of aromatic amines is 1. The van der Waals surface area contributed by atoms with E-state index in [-0.39, 0.29) is 5.78 Å². The van der Waals surface area contributed by atoms with Crippen molar-refractivity contribution in [3.63, 3.8) is 0 Å². The minimum Gasteiger partial charge on any atom is -0.360 e. The normalized spacial score (nSPS) is 10.9. The smallest absolute Gasteiger partial charge is 0.169 e. The molecule has 20 heavy (non-hydrogen) atoms. The zero-order chi connectivity index (χ0) is 14.1. The van der Waals surface area contributed by atoms with Crippen LogP contribution in [0.1, 0.15) is 21.5 Å². The molecule has 1 N–H and O–H groups in total. The summed E-state index contributed by atoms with van der Waals surface area (Å²) in [6.45, 7) is 2.02. The number of hydrogen-bond acceptors (Lipinski definition) is 1. The Labute approximate surface area is 122 Å². The summed E-state index contributed by atoms with van der Waals surface area (Å²) in [5.74, 6) is 0.118. The molecule has 2 nitrogen and oxygen atoms in total. The van der Waals surface area contributed by atoms with E-state index in [1.54, 1.807) is 6.20 Å². The molecule has 100 valence electrons. The van der Waals surface area contributed by atoms with E-state index in [1.165, 1.54) is 0 Å². The number of aromatic nitrogens is 1. The van der Waals surface area contributed by atoms with Gasteiger partial charge in [0.1, 0.15) is 0 Å². The van der Waals surface area contributed by atoms with Crippen molar-refractivity contribution in [1.29, 1.82) is 0 Å². The molecular formula is C17H14ClNO. The van der Waals surface area contributed by atoms with E-state index in [4.69, 9.17) is 11.6 Å². The zero-order valence-electron chi connectivity index (χ0n) is 11.1. The minimum absolute atomic E-state index is 0.118. The minimum atomic E-state index is 0.118. The highest BCUT2D eigenvalue weighted by Gasteiger charge is 2.14. The third kappa shape index (κ3) is 2.35. The van der Waals surface area contributed by atoms with Crippen LogP contribution in [0.25, 0.3) is 10.9 Å². The Kier molecular flexibility index (Phi) is 3.33. The Morgan fingerprint density at radius 3 is 2.65 bits per heavy atom. The van der Waals surface area contributed by atoms with Gasteiger partial charge in [0.05, 0.1) is 0 Å². The fourth-order valence-corrected chi connectivity index (χ4v) is 2.60. The first-order chi connectivity index (χ1) is 9.65. The molecule has 3 rings (SSSR count). The maximum atomic E-state index is 12.5. The average molecular weight is 284 g/mol. The molecule has 1 aromatic heterocycles. The standard InChI is InChI=1S/C17H14ClNO/c1-11-3-2-4-15-17(11)14(10-19-15)16(20)9-12-5-7-13(18)8-6-12/h2-8,10,19H,9H2,1H3. The zero-order valence-corrected chi connectivity index (χ0v) is 11.9. The summed E-state index contributed by atoms with van der Waals surface area (Å²) in [4.78, 5) is 15.6. The lowest BCUT2D eigenvalue weighted by atomic mass is 10.0. The quantitative estimate of drug-likeness (QED) is 0.703. The molecule has 0 unspecified atom stereocenters. The molecule has 0 aliphatic rings. The number of rotatable bonds is 3. The molecular weight excluding hydrogens is 270 g/mol. The van der Waals surface area contributed by atoms with Gasteiger partial charge in [-0.3, -0.25) is 4.79 Å². The van der Waals surface area contributed by atoms with E-state index in [0.29, 0.717) is 11.4 Å². The molecule has 2 aromatic carbocycles. The number of nitrogens with one attached hydrogen (secondary N) is 1. The van der Waals surface area contributed by atoms with Gasteiger partial charge in [0.2, 0.25) is 0 Å². The average Bonchev–Trinajstić information content (AvgIpc) is 2.87. The van der Waals surface area contributed by atoms with Gasteiger partial charge in [-0.25, -0.2) is 0 Å². The Bertz CT molecular complexity index is 771. The number of halogens is 1. The maximum absolute atomic E-state index is 12.5. The molecule has 0 bridgehead atoms. The van der Waals surface area contributed by atoms with Crippen LogP contribution in [-0.4, -0.2) is 10.8 Å². The predicted octanol–water partition coefficient (Wildman–Crippen LogP) is 4.56. The highest BCUT2D eigenvalue weighted by atomic mass is 35.5. The summed E-state index contributed by atoms with van der Waals surface area (Å²) in [5, 5.41) is 1.70. The molecule has 0 radical (unpaired) electrons. The second-order valence-electron chi connectivity index (χ2n) is 4.93. The first-order valence-electron chi connectivity index (χ1n) is 6.49. The molecule has 3 aromatic rings. The number of ketones is 1. The largest absolute Gasteiger partial charge is 0.360 e.